The molecule has 0 bridgehead atoms. The lowest BCUT2D eigenvalue weighted by Crippen LogP contribution is -2.43. The molecular formula is C10H18N2O2. The topological polar surface area (TPSA) is 52.6 Å². The summed E-state index contributed by atoms with van der Waals surface area (Å²) in [6.45, 7) is 2.87. The van der Waals surface area contributed by atoms with Crippen LogP contribution in [-0.4, -0.2) is 48.7 Å². The number of hydrogen-bond acceptors (Lipinski definition) is 3. The molecule has 14 heavy (non-hydrogen) atoms. The highest BCUT2D eigenvalue weighted by Crippen LogP contribution is 2.07. The molecule has 0 aromatic rings. The zero-order valence-corrected chi connectivity index (χ0v) is 8.57. The highest BCUT2D eigenvalue weighted by molar-refractivity contribution is 5.79. The Morgan fingerprint density at radius 3 is 3.14 bits per heavy atom. The van der Waals surface area contributed by atoms with Crippen molar-refractivity contribution in [3.63, 3.8) is 0 Å². The SMILES string of the molecule is CN1CCCC(NC/C=C/C(=O)O)C1. The van der Waals surface area contributed by atoms with Gasteiger partial charge in [0.1, 0.15) is 0 Å². The Kier molecular flexibility index (Phi) is 4.62. The number of carboxylic acid groups (broad SMARTS) is 1. The molecule has 1 heterocycles. The number of likely N-dealkylation sites (N-methyl/N-ethyl adjacent to an activating group) is 1. The molecule has 1 aliphatic rings. The van der Waals surface area contributed by atoms with Gasteiger partial charge in [-0.2, -0.15) is 0 Å². The summed E-state index contributed by atoms with van der Waals surface area (Å²) >= 11 is 0. The maximum Gasteiger partial charge on any atom is 0.328 e. The number of nitrogens with zero attached hydrogens (tertiary/aromatic N) is 1. The van der Waals surface area contributed by atoms with Crippen molar-refractivity contribution in [3.8, 4) is 0 Å². The van der Waals surface area contributed by atoms with E-state index in [1.165, 1.54) is 25.5 Å². The monoisotopic (exact) mass is 198 g/mol. The number of carbonyl (C=O) groups is 1. The minimum Gasteiger partial charge on any atom is -0.478 e. The summed E-state index contributed by atoms with van der Waals surface area (Å²) in [6, 6.07) is 0.507. The van der Waals surface area contributed by atoms with E-state index in [9.17, 15) is 4.79 Å². The van der Waals surface area contributed by atoms with Crippen LogP contribution in [0.2, 0.25) is 0 Å². The van der Waals surface area contributed by atoms with E-state index in [1.54, 1.807) is 6.08 Å². The first-order chi connectivity index (χ1) is 6.68. The largest absolute Gasteiger partial charge is 0.478 e. The molecule has 1 unspecified atom stereocenters. The van der Waals surface area contributed by atoms with Crippen molar-refractivity contribution in [1.29, 1.82) is 0 Å². The summed E-state index contributed by atoms with van der Waals surface area (Å²) in [6.07, 6.45) is 5.23. The quantitative estimate of drug-likeness (QED) is 0.638. The van der Waals surface area contributed by atoms with Gasteiger partial charge in [-0.25, -0.2) is 4.79 Å². The second-order valence-electron chi connectivity index (χ2n) is 3.75. The Morgan fingerprint density at radius 2 is 2.50 bits per heavy atom. The summed E-state index contributed by atoms with van der Waals surface area (Å²) in [5, 5.41) is 11.7. The van der Waals surface area contributed by atoms with Gasteiger partial charge in [0.25, 0.3) is 0 Å². The average molecular weight is 198 g/mol. The number of aliphatic carboxylic acids is 1. The Morgan fingerprint density at radius 1 is 1.71 bits per heavy atom. The lowest BCUT2D eigenvalue weighted by molar-refractivity contribution is -0.131. The van der Waals surface area contributed by atoms with Crippen LogP contribution in [0.4, 0.5) is 0 Å². The standard InChI is InChI=1S/C10H18N2O2/c1-12-7-3-4-9(8-12)11-6-2-5-10(13)14/h2,5,9,11H,3-4,6-8H2,1H3,(H,13,14)/b5-2+. The Balaban J connectivity index is 2.14. The zero-order valence-electron chi connectivity index (χ0n) is 8.57. The minimum atomic E-state index is -0.882. The van der Waals surface area contributed by atoms with Crippen LogP contribution in [0.25, 0.3) is 0 Å². The van der Waals surface area contributed by atoms with Crippen LogP contribution in [0.5, 0.6) is 0 Å². The van der Waals surface area contributed by atoms with E-state index >= 15 is 0 Å². The first-order valence-electron chi connectivity index (χ1n) is 5.00. The minimum absolute atomic E-state index is 0.507. The summed E-state index contributed by atoms with van der Waals surface area (Å²) < 4.78 is 0. The van der Waals surface area contributed by atoms with Crippen molar-refractivity contribution < 1.29 is 9.90 Å². The number of nitrogens with one attached hydrogen (secondary N) is 1. The van der Waals surface area contributed by atoms with E-state index in [4.69, 9.17) is 5.11 Å². The van der Waals surface area contributed by atoms with Gasteiger partial charge in [0.05, 0.1) is 0 Å². The van der Waals surface area contributed by atoms with Crippen LogP contribution < -0.4 is 5.32 Å². The third-order valence-corrected chi connectivity index (χ3v) is 2.41. The second-order valence-corrected chi connectivity index (χ2v) is 3.75. The predicted octanol–water partition coefficient (Wildman–Crippen LogP) is 0.311. The molecule has 80 valence electrons. The first-order valence-corrected chi connectivity index (χ1v) is 5.00. The molecule has 1 rings (SSSR count). The fraction of sp³-hybridized carbons (Fsp3) is 0.700. The van der Waals surface area contributed by atoms with Crippen molar-refractivity contribution in [3.05, 3.63) is 12.2 Å². The Labute approximate surface area is 84.6 Å². The van der Waals surface area contributed by atoms with Crippen LogP contribution in [0.3, 0.4) is 0 Å². The molecule has 1 aliphatic heterocycles. The van der Waals surface area contributed by atoms with E-state index in [2.05, 4.69) is 17.3 Å². The molecule has 1 atom stereocenters. The van der Waals surface area contributed by atoms with Crippen LogP contribution in [-0.2, 0) is 4.79 Å². The second kappa shape index (κ2) is 5.78. The maximum absolute atomic E-state index is 10.2. The van der Waals surface area contributed by atoms with Gasteiger partial charge in [0, 0.05) is 25.2 Å². The van der Waals surface area contributed by atoms with Crippen molar-refractivity contribution in [2.45, 2.75) is 18.9 Å². The van der Waals surface area contributed by atoms with Crippen LogP contribution >= 0.6 is 0 Å². The van der Waals surface area contributed by atoms with E-state index in [-0.39, 0.29) is 0 Å². The van der Waals surface area contributed by atoms with Crippen molar-refractivity contribution in [2.75, 3.05) is 26.7 Å². The first kappa shape index (κ1) is 11.2. The summed E-state index contributed by atoms with van der Waals surface area (Å²) in [7, 11) is 2.11. The smallest absolute Gasteiger partial charge is 0.328 e. The molecular weight excluding hydrogens is 180 g/mol. The van der Waals surface area contributed by atoms with Gasteiger partial charge < -0.3 is 15.3 Å². The summed E-state index contributed by atoms with van der Waals surface area (Å²) in [5.74, 6) is -0.882. The van der Waals surface area contributed by atoms with Gasteiger partial charge in [-0.1, -0.05) is 6.08 Å². The molecule has 0 spiro atoms. The molecule has 0 amide bonds. The van der Waals surface area contributed by atoms with Crippen LogP contribution in [0, 0.1) is 0 Å². The molecule has 0 aromatic heterocycles. The molecule has 1 fully saturated rings. The molecule has 0 saturated carbocycles. The lowest BCUT2D eigenvalue weighted by Gasteiger charge is -2.29. The molecule has 0 radical (unpaired) electrons. The summed E-state index contributed by atoms with van der Waals surface area (Å²) in [5.41, 5.74) is 0. The van der Waals surface area contributed by atoms with Gasteiger partial charge in [-0.15, -0.1) is 0 Å². The molecule has 4 nitrogen and oxygen atoms in total. The number of rotatable bonds is 4. The number of hydrogen-bond donors (Lipinski definition) is 2. The Hall–Kier alpha value is -0.870. The van der Waals surface area contributed by atoms with Gasteiger partial charge in [-0.05, 0) is 26.4 Å². The Bertz CT molecular complexity index is 216. The maximum atomic E-state index is 10.2. The lowest BCUT2D eigenvalue weighted by atomic mass is 10.1. The third kappa shape index (κ3) is 4.39. The van der Waals surface area contributed by atoms with Gasteiger partial charge in [0.2, 0.25) is 0 Å². The normalized spacial score (nSPS) is 24.2. The fourth-order valence-electron chi connectivity index (χ4n) is 1.73. The predicted molar refractivity (Wildman–Crippen MR) is 55.3 cm³/mol. The molecule has 1 saturated heterocycles. The molecule has 0 aromatic carbocycles. The van der Waals surface area contributed by atoms with E-state index in [0.29, 0.717) is 12.6 Å². The molecule has 4 heteroatoms. The van der Waals surface area contributed by atoms with E-state index in [1.807, 2.05) is 0 Å². The van der Waals surface area contributed by atoms with Crippen LogP contribution in [0.1, 0.15) is 12.8 Å². The van der Waals surface area contributed by atoms with Gasteiger partial charge >= 0.3 is 5.97 Å². The van der Waals surface area contributed by atoms with Crippen molar-refractivity contribution in [1.82, 2.24) is 10.2 Å². The van der Waals surface area contributed by atoms with Crippen LogP contribution in [0.15, 0.2) is 12.2 Å². The molecule has 0 aliphatic carbocycles. The third-order valence-electron chi connectivity index (χ3n) is 2.41. The fourth-order valence-corrected chi connectivity index (χ4v) is 1.73. The van der Waals surface area contributed by atoms with Gasteiger partial charge in [0.15, 0.2) is 0 Å². The summed E-state index contributed by atoms with van der Waals surface area (Å²) in [4.78, 5) is 12.5. The number of carboxylic acids is 1. The van der Waals surface area contributed by atoms with Crippen molar-refractivity contribution >= 4 is 5.97 Å². The number of piperidine rings is 1. The average Bonchev–Trinajstić information content (AvgIpc) is 2.12. The van der Waals surface area contributed by atoms with E-state index < -0.39 is 5.97 Å². The zero-order chi connectivity index (χ0) is 10.4. The van der Waals surface area contributed by atoms with Crippen molar-refractivity contribution in [2.24, 2.45) is 0 Å². The van der Waals surface area contributed by atoms with Gasteiger partial charge in [-0.3, -0.25) is 0 Å². The number of likely N-dealkylation sites (tertiary alicyclic amines) is 1. The highest BCUT2D eigenvalue weighted by atomic mass is 16.4. The highest BCUT2D eigenvalue weighted by Gasteiger charge is 2.15. The van der Waals surface area contributed by atoms with E-state index in [0.717, 1.165) is 6.54 Å². The molecule has 2 N–H and O–H groups in total.